The number of hydrogen-bond donors (Lipinski definition) is 3. The molecule has 0 spiro atoms. The molecule has 8 nitrogen and oxygen atoms in total. The minimum atomic E-state index is -4.36. The molecule has 0 aliphatic carbocycles. The van der Waals surface area contributed by atoms with Gasteiger partial charge in [-0.1, -0.05) is 357 Å². The van der Waals surface area contributed by atoms with Crippen LogP contribution in [-0.2, 0) is 18.4 Å². The summed E-state index contributed by atoms with van der Waals surface area (Å²) >= 11 is 0. The van der Waals surface area contributed by atoms with E-state index in [1.54, 1.807) is 6.08 Å². The highest BCUT2D eigenvalue weighted by atomic mass is 31.2. The van der Waals surface area contributed by atoms with Crippen molar-refractivity contribution in [1.29, 1.82) is 0 Å². The lowest BCUT2D eigenvalue weighted by Gasteiger charge is -2.25. The van der Waals surface area contributed by atoms with Gasteiger partial charge in [0.1, 0.15) is 13.2 Å². The van der Waals surface area contributed by atoms with E-state index in [0.29, 0.717) is 17.4 Å². The summed E-state index contributed by atoms with van der Waals surface area (Å²) in [5.41, 5.74) is 0. The molecule has 1 amide bonds. The van der Waals surface area contributed by atoms with Crippen LogP contribution in [-0.4, -0.2) is 73.4 Å². The van der Waals surface area contributed by atoms with Gasteiger partial charge in [0.25, 0.3) is 0 Å². The lowest BCUT2D eigenvalue weighted by Crippen LogP contribution is -2.45. The Hall–Kier alpha value is -1.80. The molecule has 3 atom stereocenters. The monoisotopic (exact) mass is 1230 g/mol. The second kappa shape index (κ2) is 67.6. The molecule has 0 radical (unpaired) electrons. The van der Waals surface area contributed by atoms with Crippen molar-refractivity contribution < 1.29 is 32.9 Å². The first-order valence-corrected chi connectivity index (χ1v) is 39.2. The normalized spacial score (nSPS) is 13.9. The van der Waals surface area contributed by atoms with E-state index in [0.717, 1.165) is 51.4 Å². The Labute approximate surface area is 536 Å². The number of quaternary nitrogens is 1. The van der Waals surface area contributed by atoms with Gasteiger partial charge in [-0.05, 0) is 70.6 Å². The summed E-state index contributed by atoms with van der Waals surface area (Å²) in [7, 11) is 1.57. The largest absolute Gasteiger partial charge is 0.472 e. The number of nitrogens with zero attached hydrogens (tertiary/aromatic N) is 1. The highest BCUT2D eigenvalue weighted by Gasteiger charge is 2.28. The van der Waals surface area contributed by atoms with Crippen molar-refractivity contribution in [3.05, 3.63) is 60.8 Å². The number of hydrogen-bond acceptors (Lipinski definition) is 5. The summed E-state index contributed by atoms with van der Waals surface area (Å²) in [4.78, 5) is 23.4. The predicted octanol–water partition coefficient (Wildman–Crippen LogP) is 24.3. The fraction of sp³-hybridized carbons (Fsp3) is 0.857. The Morgan fingerprint density at radius 3 is 1.01 bits per heavy atom. The molecule has 0 aliphatic heterocycles. The first-order chi connectivity index (χ1) is 42.0. The first kappa shape index (κ1) is 84.2. The third-order valence-electron chi connectivity index (χ3n) is 17.2. The van der Waals surface area contributed by atoms with Crippen molar-refractivity contribution >= 4 is 13.7 Å². The van der Waals surface area contributed by atoms with E-state index in [9.17, 15) is 19.4 Å². The summed E-state index contributed by atoms with van der Waals surface area (Å²) in [5.74, 6) is -0.180. The molecule has 9 heteroatoms. The maximum absolute atomic E-state index is 13.1. The molecular formula is C77H148N2O6P+. The van der Waals surface area contributed by atoms with E-state index < -0.39 is 20.0 Å². The van der Waals surface area contributed by atoms with Gasteiger partial charge in [-0.25, -0.2) is 4.57 Å². The standard InChI is InChI=1S/C77H147N2O6P/c1-6-8-10-12-14-16-18-20-22-24-26-28-30-32-34-35-36-37-38-39-40-41-42-43-45-47-49-51-53-55-57-59-61-63-65-67-69-71-77(81)78-75(74-85-86(82,83)84-73-72-79(3,4)5)76(80)70-68-66-64-62-60-58-56-54-52-50-48-46-44-33-31-29-27-25-23-21-19-17-15-13-11-9-7-2/h18,20,24,26,30,32,60,62,68,70,75-76,80H,6-17,19,21-23,25,27-29,31,33-59,61,63-67,69,71-74H2,1-5H3,(H-,78,81,82,83)/p+1/b20-18-,26-24-,32-30-,62-60+,70-68+. The number of phosphoric ester groups is 1. The topological polar surface area (TPSA) is 105 Å². The van der Waals surface area contributed by atoms with Gasteiger partial charge >= 0.3 is 7.82 Å². The number of unbranched alkanes of at least 4 members (excludes halogenated alkanes) is 49. The van der Waals surface area contributed by atoms with Crippen molar-refractivity contribution in [2.24, 2.45) is 0 Å². The zero-order valence-electron chi connectivity index (χ0n) is 58.1. The highest BCUT2D eigenvalue weighted by molar-refractivity contribution is 7.47. The lowest BCUT2D eigenvalue weighted by molar-refractivity contribution is -0.870. The minimum Gasteiger partial charge on any atom is -0.387 e. The molecule has 0 aliphatic rings. The van der Waals surface area contributed by atoms with Crippen LogP contribution in [0.5, 0.6) is 0 Å². The molecule has 3 unspecified atom stereocenters. The fourth-order valence-corrected chi connectivity index (χ4v) is 12.1. The molecule has 0 saturated heterocycles. The summed E-state index contributed by atoms with van der Waals surface area (Å²) in [6.07, 6.45) is 94.0. The van der Waals surface area contributed by atoms with E-state index in [4.69, 9.17) is 9.05 Å². The number of amides is 1. The number of phosphoric acid groups is 1. The van der Waals surface area contributed by atoms with Crippen LogP contribution in [0.2, 0.25) is 0 Å². The van der Waals surface area contributed by atoms with Gasteiger partial charge in [-0.2, -0.15) is 0 Å². The third kappa shape index (κ3) is 69.7. The van der Waals surface area contributed by atoms with Crippen LogP contribution < -0.4 is 5.32 Å². The maximum Gasteiger partial charge on any atom is 0.472 e. The molecule has 0 fully saturated rings. The van der Waals surface area contributed by atoms with Crippen LogP contribution in [0.4, 0.5) is 0 Å². The van der Waals surface area contributed by atoms with Crippen molar-refractivity contribution in [2.45, 2.75) is 386 Å². The van der Waals surface area contributed by atoms with E-state index in [1.807, 2.05) is 27.2 Å². The van der Waals surface area contributed by atoms with Gasteiger partial charge < -0.3 is 19.8 Å². The number of aliphatic hydroxyl groups excluding tert-OH is 1. The van der Waals surface area contributed by atoms with Gasteiger partial charge in [-0.15, -0.1) is 0 Å². The predicted molar refractivity (Wildman–Crippen MR) is 378 cm³/mol. The number of carbonyl (C=O) groups excluding carboxylic acids is 1. The van der Waals surface area contributed by atoms with Gasteiger partial charge in [-0.3, -0.25) is 13.8 Å². The van der Waals surface area contributed by atoms with Gasteiger partial charge in [0.2, 0.25) is 5.91 Å². The average Bonchev–Trinajstić information content (AvgIpc) is 3.70. The minimum absolute atomic E-state index is 0.0569. The molecule has 3 N–H and O–H groups in total. The Balaban J connectivity index is 4.01. The third-order valence-corrected chi connectivity index (χ3v) is 18.2. The number of carbonyl (C=O) groups is 1. The van der Waals surface area contributed by atoms with Crippen LogP contribution in [0, 0.1) is 0 Å². The first-order valence-electron chi connectivity index (χ1n) is 37.7. The molecule has 0 aromatic rings. The lowest BCUT2D eigenvalue weighted by atomic mass is 10.0. The number of aliphatic hydroxyl groups is 1. The van der Waals surface area contributed by atoms with Crippen LogP contribution in [0.15, 0.2) is 60.8 Å². The number of likely N-dealkylation sites (N-methyl/N-ethyl adjacent to an activating group) is 1. The van der Waals surface area contributed by atoms with Crippen LogP contribution in [0.1, 0.15) is 373 Å². The van der Waals surface area contributed by atoms with Crippen molar-refractivity contribution in [3.8, 4) is 0 Å². The molecule has 0 aromatic heterocycles. The zero-order chi connectivity index (χ0) is 62.6. The van der Waals surface area contributed by atoms with Gasteiger partial charge in [0, 0.05) is 6.42 Å². The number of rotatable bonds is 70. The summed E-state index contributed by atoms with van der Waals surface area (Å²) in [5, 5.41) is 14.0. The molecule has 0 aromatic carbocycles. The molecule has 506 valence electrons. The summed E-state index contributed by atoms with van der Waals surface area (Å²) < 4.78 is 23.8. The SMILES string of the molecule is CCCCCCC/C=C\C/C=C\C/C=C\CCCCCCCCCCCCCCCCCCCCCCCCC(=O)NC(COP(=O)(O)OCC[N+](C)(C)C)C(O)/C=C/CC/C=C/CCCCCCCCCCCCCCCCCCCCCCC. The summed E-state index contributed by atoms with van der Waals surface area (Å²) in [6.45, 7) is 4.84. The van der Waals surface area contributed by atoms with E-state index in [-0.39, 0.29) is 19.1 Å². The molecular weight excluding hydrogens is 1080 g/mol. The summed E-state index contributed by atoms with van der Waals surface area (Å²) in [6, 6.07) is -0.865. The molecule has 86 heavy (non-hydrogen) atoms. The fourth-order valence-electron chi connectivity index (χ4n) is 11.4. The van der Waals surface area contributed by atoms with Crippen LogP contribution in [0.25, 0.3) is 0 Å². The Morgan fingerprint density at radius 1 is 0.395 bits per heavy atom. The van der Waals surface area contributed by atoms with E-state index >= 15 is 0 Å². The van der Waals surface area contributed by atoms with Crippen molar-refractivity contribution in [1.82, 2.24) is 5.32 Å². The second-order valence-electron chi connectivity index (χ2n) is 27.0. The van der Waals surface area contributed by atoms with Gasteiger partial charge in [0.05, 0.1) is 39.9 Å². The smallest absolute Gasteiger partial charge is 0.387 e. The quantitative estimate of drug-likeness (QED) is 0.0243. The van der Waals surface area contributed by atoms with E-state index in [2.05, 4.69) is 67.8 Å². The zero-order valence-corrected chi connectivity index (χ0v) is 59.0. The highest BCUT2D eigenvalue weighted by Crippen LogP contribution is 2.43. The Bertz CT molecular complexity index is 1590. The Kier molecular flexibility index (Phi) is 66.2. The van der Waals surface area contributed by atoms with Crippen molar-refractivity contribution in [3.63, 3.8) is 0 Å². The van der Waals surface area contributed by atoms with Gasteiger partial charge in [0.15, 0.2) is 0 Å². The molecule has 0 heterocycles. The molecule has 0 saturated carbocycles. The second-order valence-corrected chi connectivity index (χ2v) is 28.5. The Morgan fingerprint density at radius 2 is 0.674 bits per heavy atom. The number of nitrogens with one attached hydrogen (secondary N) is 1. The van der Waals surface area contributed by atoms with E-state index in [1.165, 1.54) is 302 Å². The maximum atomic E-state index is 13.1. The van der Waals surface area contributed by atoms with Crippen LogP contribution >= 0.6 is 7.82 Å². The molecule has 0 bridgehead atoms. The number of allylic oxidation sites excluding steroid dienone is 9. The average molecular weight is 1230 g/mol. The van der Waals surface area contributed by atoms with Crippen LogP contribution in [0.3, 0.4) is 0 Å². The molecule has 0 rings (SSSR count). The van der Waals surface area contributed by atoms with Crippen molar-refractivity contribution in [2.75, 3.05) is 40.9 Å².